The number of rotatable bonds is 13. The first-order valence-corrected chi connectivity index (χ1v) is 24.9. The van der Waals surface area contributed by atoms with E-state index in [9.17, 15) is 76.7 Å². The quantitative estimate of drug-likeness (QED) is 0.0527. The maximum absolute atomic E-state index is 13.5. The molecule has 0 aliphatic rings. The van der Waals surface area contributed by atoms with Gasteiger partial charge in [-0.1, -0.05) is 18.2 Å². The van der Waals surface area contributed by atoms with Crippen molar-refractivity contribution in [1.82, 2.24) is 0 Å². The molecule has 5 amide bonds. The number of nitrogens with one attached hydrogen (secondary N) is 5. The Bertz CT molecular complexity index is 3850. The summed E-state index contributed by atoms with van der Waals surface area (Å²) in [5.74, 6) is 0.751. The lowest BCUT2D eigenvalue weighted by Crippen LogP contribution is -2.20. The Labute approximate surface area is 395 Å². The van der Waals surface area contributed by atoms with E-state index >= 15 is 0 Å². The summed E-state index contributed by atoms with van der Waals surface area (Å²) in [4.78, 5) is 50.2. The highest BCUT2D eigenvalue weighted by molar-refractivity contribution is 7.87. The molecule has 0 atom stereocenters. The van der Waals surface area contributed by atoms with E-state index in [0.29, 0.717) is 6.07 Å². The third kappa shape index (κ3) is 11.1. The number of carbonyl (C=O) groups is 4. The van der Waals surface area contributed by atoms with Crippen LogP contribution in [-0.2, 0) is 44.8 Å². The van der Waals surface area contributed by atoms with Crippen LogP contribution < -0.4 is 32.5 Å². The predicted octanol–water partition coefficient (Wildman–Crippen LogP) is 5.12. The van der Waals surface area contributed by atoms with Crippen LogP contribution in [0.5, 0.6) is 11.5 Å². The van der Waals surface area contributed by atoms with Crippen LogP contribution in [0.1, 0.15) is 31.1 Å². The van der Waals surface area contributed by atoms with Gasteiger partial charge in [0.05, 0.1) is 31.0 Å². The molecule has 0 aliphatic carbocycles. The molecule has 0 fully saturated rings. The maximum atomic E-state index is 13.5. The van der Waals surface area contributed by atoms with E-state index in [1.54, 1.807) is 0 Å². The zero-order chi connectivity index (χ0) is 51.1. The average Bonchev–Trinajstić information content (AvgIpc) is 3.27. The molecule has 0 spiro atoms. The molecule has 0 aliphatic heterocycles. The summed E-state index contributed by atoms with van der Waals surface area (Å²) in [6, 6.07) is 21.7. The van der Waals surface area contributed by atoms with E-state index in [-0.39, 0.29) is 66.7 Å². The van der Waals surface area contributed by atoms with Crippen molar-refractivity contribution in [3.63, 3.8) is 0 Å². The summed E-state index contributed by atoms with van der Waals surface area (Å²) in [5.41, 5.74) is -0.724. The van der Waals surface area contributed by atoms with Crippen LogP contribution in [0.2, 0.25) is 0 Å². The van der Waals surface area contributed by atoms with Gasteiger partial charge >= 0.3 is 16.1 Å². The van der Waals surface area contributed by atoms with Gasteiger partial charge in [0.2, 0.25) is 0 Å². The molecule has 24 nitrogen and oxygen atoms in total. The van der Waals surface area contributed by atoms with E-state index in [2.05, 4.69) is 30.9 Å². The average molecular weight is 1040 g/mol. The highest BCUT2D eigenvalue weighted by atomic mass is 32.2. The van der Waals surface area contributed by atoms with Crippen molar-refractivity contribution in [2.75, 3.05) is 26.6 Å². The number of phenolic OH excluding ortho intramolecular Hbond substituents is 2. The van der Waals surface area contributed by atoms with Crippen LogP contribution in [0, 0.1) is 0 Å². The number of carbonyl (C=O) groups excluding carboxylic acids is 4. The number of anilines is 5. The number of fused-ring (bicyclic) bond motifs is 2. The van der Waals surface area contributed by atoms with Gasteiger partial charge in [-0.3, -0.25) is 28.0 Å². The molecule has 12 N–H and O–H groups in total. The van der Waals surface area contributed by atoms with Crippen LogP contribution in [0.15, 0.2) is 141 Å². The van der Waals surface area contributed by atoms with E-state index in [1.165, 1.54) is 72.8 Å². The smallest absolute Gasteiger partial charge is 0.323 e. The van der Waals surface area contributed by atoms with Gasteiger partial charge in [0, 0.05) is 56.7 Å². The van der Waals surface area contributed by atoms with Gasteiger partial charge in [-0.05, 0) is 102 Å². The number of nitrogens with two attached hydrogens (primary N) is 1. The molecule has 0 radical (unpaired) electrons. The number of hydrogen-bond donors (Lipinski definition) is 11. The lowest BCUT2D eigenvalue weighted by Gasteiger charge is -2.14. The highest BCUT2D eigenvalue weighted by Gasteiger charge is 2.24. The van der Waals surface area contributed by atoms with Crippen molar-refractivity contribution in [2.45, 2.75) is 19.6 Å². The zero-order valence-electron chi connectivity index (χ0n) is 34.8. The molecular weight excluding hydrogens is 1000 g/mol. The molecule has 362 valence electrons. The van der Waals surface area contributed by atoms with Crippen LogP contribution >= 0.6 is 0 Å². The summed E-state index contributed by atoms with van der Waals surface area (Å²) in [6.07, 6.45) is 0. The minimum absolute atomic E-state index is 0.0163. The molecular formula is C42H32N6O18S4. The van der Waals surface area contributed by atoms with Crippen molar-refractivity contribution < 1.29 is 81.0 Å². The molecule has 28 heteroatoms. The highest BCUT2D eigenvalue weighted by Crippen LogP contribution is 2.39. The number of urea groups is 1. The molecule has 0 aromatic heterocycles. The molecule has 7 aromatic carbocycles. The SMILES string of the molecule is NOS(=O)(=O)c1cc(O)c2c(NC(=O)c3cccc(NC(=O)c4cccc(NC(=O)Nc5cccc(C(=O)Nc6cc(S(=O)(=O)O)cc7cc(S(=O)(=O)O)cc(O)c67)c5)c4)c3)cc(S(=O)(=O)O)cc2c1. The Kier molecular flexibility index (Phi) is 13.4. The minimum atomic E-state index is -4.95. The van der Waals surface area contributed by atoms with Crippen molar-refractivity contribution >= 4 is 114 Å². The second-order valence-electron chi connectivity index (χ2n) is 14.7. The maximum Gasteiger partial charge on any atom is 0.323 e. The first-order chi connectivity index (χ1) is 32.7. The van der Waals surface area contributed by atoms with Gasteiger partial charge in [0.1, 0.15) is 11.5 Å². The molecule has 7 aromatic rings. The lowest BCUT2D eigenvalue weighted by atomic mass is 10.1. The summed E-state index contributed by atoms with van der Waals surface area (Å²) < 4.78 is 129. The second kappa shape index (κ2) is 18.8. The zero-order valence-corrected chi connectivity index (χ0v) is 38.1. The third-order valence-electron chi connectivity index (χ3n) is 9.90. The largest absolute Gasteiger partial charge is 0.507 e. The standard InChI is InChI=1S/C42H32N6O18S4/c43-66-70(64,65)32-16-25-14-30(68(58,59)60)18-34(38(25)36(50)20-32)48-40(52)22-5-1-7-26(10-22)44-39(51)21-4-2-8-27(11-21)45-42(54)46-28-9-3-6-23(12-28)41(53)47-33-17-29(67(55,56)57)13-24-15-31(69(61,62)63)19-35(49)37(24)33/h1-20,49-50H,43H2,(H,44,51)(H,47,53)(H,48,52)(H2,45,46,54)(H,55,56,57)(H,58,59,60)(H,61,62,63). The Morgan fingerprint density at radius 3 is 1.13 bits per heavy atom. The fourth-order valence-corrected chi connectivity index (χ4v) is 9.08. The number of hydrogen-bond acceptors (Lipinski definition) is 16. The monoisotopic (exact) mass is 1040 g/mol. The minimum Gasteiger partial charge on any atom is -0.507 e. The Balaban J connectivity index is 1.03. The van der Waals surface area contributed by atoms with Crippen molar-refractivity contribution in [1.29, 1.82) is 0 Å². The lowest BCUT2D eigenvalue weighted by molar-refractivity contribution is 0.101. The van der Waals surface area contributed by atoms with E-state index < -0.39 is 95.3 Å². The van der Waals surface area contributed by atoms with Crippen molar-refractivity contribution in [3.05, 3.63) is 138 Å². The van der Waals surface area contributed by atoms with E-state index in [0.717, 1.165) is 42.5 Å². The van der Waals surface area contributed by atoms with Crippen LogP contribution in [-0.4, -0.2) is 81.3 Å². The van der Waals surface area contributed by atoms with Crippen LogP contribution in [0.4, 0.5) is 33.2 Å². The number of phenols is 2. The summed E-state index contributed by atoms with van der Waals surface area (Å²) in [6.45, 7) is 0. The Morgan fingerprint density at radius 1 is 0.429 bits per heavy atom. The Morgan fingerprint density at radius 2 is 0.757 bits per heavy atom. The predicted molar refractivity (Wildman–Crippen MR) is 249 cm³/mol. The van der Waals surface area contributed by atoms with Gasteiger partial charge in [-0.2, -0.15) is 43.9 Å². The van der Waals surface area contributed by atoms with Gasteiger partial charge in [-0.25, -0.2) is 4.79 Å². The van der Waals surface area contributed by atoms with Crippen LogP contribution in [0.3, 0.4) is 0 Å². The van der Waals surface area contributed by atoms with Gasteiger partial charge in [0.15, 0.2) is 0 Å². The molecule has 0 saturated heterocycles. The third-order valence-corrected chi connectivity index (χ3v) is 13.5. The molecule has 0 unspecified atom stereocenters. The summed E-state index contributed by atoms with van der Waals surface area (Å²) in [5, 5.41) is 32.7. The van der Waals surface area contributed by atoms with E-state index in [4.69, 9.17) is 5.90 Å². The first kappa shape index (κ1) is 49.8. The van der Waals surface area contributed by atoms with E-state index in [1.807, 2.05) is 0 Å². The van der Waals surface area contributed by atoms with Gasteiger partial charge < -0.3 is 36.8 Å². The summed E-state index contributed by atoms with van der Waals surface area (Å²) in [7, 11) is -19.4. The second-order valence-corrected chi connectivity index (χ2v) is 20.5. The molecule has 7 rings (SSSR count). The Hall–Kier alpha value is -8.06. The van der Waals surface area contributed by atoms with Crippen molar-refractivity contribution in [3.8, 4) is 11.5 Å². The molecule has 0 bridgehead atoms. The first-order valence-electron chi connectivity index (χ1n) is 19.2. The number of benzene rings is 7. The van der Waals surface area contributed by atoms with Crippen LogP contribution in [0.25, 0.3) is 21.5 Å². The van der Waals surface area contributed by atoms with Crippen molar-refractivity contribution in [2.24, 2.45) is 5.90 Å². The molecule has 0 saturated carbocycles. The number of amides is 5. The normalized spacial score (nSPS) is 12.0. The van der Waals surface area contributed by atoms with Gasteiger partial charge in [0.25, 0.3) is 48.1 Å². The molecule has 0 heterocycles. The fraction of sp³-hybridized carbons (Fsp3) is 0. The molecule has 70 heavy (non-hydrogen) atoms. The number of aromatic hydroxyl groups is 2. The topological polar surface area (TPSA) is 401 Å². The summed E-state index contributed by atoms with van der Waals surface area (Å²) >= 11 is 0. The fourth-order valence-electron chi connectivity index (χ4n) is 6.82. The van der Waals surface area contributed by atoms with Gasteiger partial charge in [-0.15, -0.1) is 0 Å².